The second-order valence-electron chi connectivity index (χ2n) is 20.8. The van der Waals surface area contributed by atoms with E-state index in [0.717, 1.165) is 75.7 Å². The molecule has 0 spiro atoms. The maximum Gasteiger partial charge on any atom is 0.161 e. The van der Waals surface area contributed by atoms with Crippen LogP contribution in [-0.4, -0.2) is 99.2 Å². The average Bonchev–Trinajstić information content (AvgIpc) is 4.04. The fourth-order valence-electron chi connectivity index (χ4n) is 11.9. The van der Waals surface area contributed by atoms with Crippen molar-refractivity contribution in [3.8, 4) is 51.7 Å². The van der Waals surface area contributed by atoms with Gasteiger partial charge in [-0.25, -0.2) is 0 Å². The highest BCUT2D eigenvalue weighted by Crippen LogP contribution is 2.58. The van der Waals surface area contributed by atoms with Crippen LogP contribution in [0, 0.1) is 17.8 Å². The summed E-state index contributed by atoms with van der Waals surface area (Å²) < 4.78 is 28.3. The van der Waals surface area contributed by atoms with Crippen LogP contribution in [0.5, 0.6) is 28.7 Å². The lowest BCUT2D eigenvalue weighted by molar-refractivity contribution is -0.143. The van der Waals surface area contributed by atoms with Crippen LogP contribution in [-0.2, 0) is 30.4 Å². The molecule has 2 aliphatic carbocycles. The highest BCUT2D eigenvalue weighted by molar-refractivity contribution is 5.85. The summed E-state index contributed by atoms with van der Waals surface area (Å²) >= 11 is 0. The van der Waals surface area contributed by atoms with Gasteiger partial charge in [0.15, 0.2) is 17.6 Å². The molecule has 1 fully saturated rings. The van der Waals surface area contributed by atoms with Gasteiger partial charge in [-0.05, 0) is 139 Å². The summed E-state index contributed by atoms with van der Waals surface area (Å²) in [6.07, 6.45) is 8.12. The van der Waals surface area contributed by atoms with E-state index in [-0.39, 0.29) is 56.2 Å². The fraction of sp³-hybridized carbons (Fsp3) is 0.500. The number of aromatic amines is 1. The van der Waals surface area contributed by atoms with Crippen LogP contribution in [0.4, 0.5) is 0 Å². The zero-order chi connectivity index (χ0) is 47.9. The van der Waals surface area contributed by atoms with Gasteiger partial charge in [0.25, 0.3) is 0 Å². The number of benzene rings is 4. The van der Waals surface area contributed by atoms with Crippen LogP contribution in [0.1, 0.15) is 111 Å². The molecule has 1 saturated carbocycles. The molecule has 13 nitrogen and oxygen atoms in total. The molecule has 0 saturated heterocycles. The Morgan fingerprint density at radius 2 is 1.74 bits per heavy atom. The number of hydrogen-bond acceptors (Lipinski definition) is 12. The molecule has 2 bridgehead atoms. The Balaban J connectivity index is 1.16. The lowest BCUT2D eigenvalue weighted by atomic mass is 9.69. The molecule has 10 rings (SSSR count). The van der Waals surface area contributed by atoms with Crippen LogP contribution in [0.2, 0.25) is 0 Å². The summed E-state index contributed by atoms with van der Waals surface area (Å²) in [4.78, 5) is 3.32. The molecule has 5 aliphatic rings. The highest BCUT2D eigenvalue weighted by Gasteiger charge is 2.55. The fourth-order valence-corrected chi connectivity index (χ4v) is 11.9. The predicted molar refractivity (Wildman–Crippen MR) is 265 cm³/mol. The molecule has 4 heterocycles. The summed E-state index contributed by atoms with van der Waals surface area (Å²) in [6, 6.07) is 19.1. The number of nitrogens with one attached hydrogen (secondary N) is 4. The van der Waals surface area contributed by atoms with Crippen LogP contribution in [0.25, 0.3) is 22.0 Å². The van der Waals surface area contributed by atoms with Gasteiger partial charge in [-0.3, -0.25) is 10.6 Å². The maximum atomic E-state index is 11.3. The van der Waals surface area contributed by atoms with Gasteiger partial charge < -0.3 is 54.8 Å². The quantitative estimate of drug-likeness (QED) is 0.0293. The minimum atomic E-state index is -1.23. The summed E-state index contributed by atoms with van der Waals surface area (Å²) in [5.41, 5.74) is 6.72. The van der Waals surface area contributed by atoms with Gasteiger partial charge in [0.2, 0.25) is 0 Å². The van der Waals surface area contributed by atoms with Gasteiger partial charge in [0.05, 0.1) is 25.5 Å². The van der Waals surface area contributed by atoms with Crippen molar-refractivity contribution in [2.24, 2.45) is 5.92 Å². The largest absolute Gasteiger partial charge is 0.508 e. The molecule has 3 aliphatic heterocycles. The van der Waals surface area contributed by atoms with Gasteiger partial charge in [-0.1, -0.05) is 56.7 Å². The van der Waals surface area contributed by atoms with Crippen molar-refractivity contribution in [2.75, 3.05) is 33.2 Å². The molecular weight excluding hydrogens is 873 g/mol. The van der Waals surface area contributed by atoms with Gasteiger partial charge in [0.1, 0.15) is 41.1 Å². The summed E-state index contributed by atoms with van der Waals surface area (Å²) in [5.74, 6) is 8.97. The van der Waals surface area contributed by atoms with E-state index in [2.05, 4.69) is 70.9 Å². The van der Waals surface area contributed by atoms with Gasteiger partial charge >= 0.3 is 0 Å². The van der Waals surface area contributed by atoms with Crippen LogP contribution in [0.3, 0.4) is 0 Å². The van der Waals surface area contributed by atoms with Crippen molar-refractivity contribution in [3.63, 3.8) is 0 Å². The number of aromatic nitrogens is 1. The Hall–Kier alpha value is -5.30. The normalized spacial score (nSPS) is 24.8. The Morgan fingerprint density at radius 1 is 0.899 bits per heavy atom. The van der Waals surface area contributed by atoms with E-state index >= 15 is 0 Å². The van der Waals surface area contributed by atoms with Crippen molar-refractivity contribution in [1.82, 2.24) is 20.9 Å². The van der Waals surface area contributed by atoms with Gasteiger partial charge in [-0.15, -0.1) is 0 Å². The van der Waals surface area contributed by atoms with Crippen LogP contribution < -0.4 is 30.2 Å². The van der Waals surface area contributed by atoms with Gasteiger partial charge in [-0.2, -0.15) is 0 Å². The second kappa shape index (κ2) is 19.8. The molecule has 7 atom stereocenters. The topological polar surface area (TPSA) is 190 Å². The van der Waals surface area contributed by atoms with Crippen molar-refractivity contribution < 1.29 is 44.5 Å². The SMILES string of the molecule is CC(C)CC(C)(O)CNCNC1C#CCC(CO)Oc2cc(ccc2O)C2Oc3c(c4c(c5c3CCC(CO)O5)-c3ccc(O)cc3C(Cc3ccc5[nH]ccc5c3)C4)CC12OCNC1CCCC1. The number of aliphatic hydroxyl groups excluding tert-OH is 2. The molecular formula is C56H68N4O9. The van der Waals surface area contributed by atoms with E-state index in [1.54, 1.807) is 18.2 Å². The number of fused-ring (bicyclic) bond motifs is 13. The monoisotopic (exact) mass is 940 g/mol. The number of rotatable bonds is 15. The average molecular weight is 941 g/mol. The smallest absolute Gasteiger partial charge is 0.161 e. The molecule has 0 radical (unpaired) electrons. The number of hydrogen-bond donors (Lipinski definition) is 9. The third-order valence-corrected chi connectivity index (χ3v) is 15.0. The Bertz CT molecular complexity index is 2720. The maximum absolute atomic E-state index is 11.3. The summed E-state index contributed by atoms with van der Waals surface area (Å²) in [6.45, 7) is 6.47. The van der Waals surface area contributed by atoms with Crippen molar-refractivity contribution in [3.05, 3.63) is 100 Å². The van der Waals surface area contributed by atoms with Gasteiger partial charge in [0, 0.05) is 60.5 Å². The van der Waals surface area contributed by atoms with E-state index in [4.69, 9.17) is 18.9 Å². The van der Waals surface area contributed by atoms with Crippen LogP contribution >= 0.6 is 0 Å². The molecule has 9 N–H and O–H groups in total. The van der Waals surface area contributed by atoms with E-state index in [1.165, 1.54) is 5.56 Å². The molecule has 7 unspecified atom stereocenters. The molecule has 1 aromatic heterocycles. The Labute approximate surface area is 404 Å². The minimum Gasteiger partial charge on any atom is -0.508 e. The lowest BCUT2D eigenvalue weighted by Crippen LogP contribution is -2.62. The summed E-state index contributed by atoms with van der Waals surface area (Å²) in [5, 5.41) is 66.8. The first-order valence-corrected chi connectivity index (χ1v) is 25.1. The minimum absolute atomic E-state index is 0.0367. The standard InChI is InChI=1S/C56H68N4O9/c1-33(2)26-55(3,65)30-57-31-59-50-10-6-9-40(28-61)67-49-24-36(12-18-48(49)64)54-56(50,66-32-60-38-7-4-5-8-38)27-46-45-23-37(22-34-11-17-47-35(21-34)19-20-58-47)44-25-39(63)13-15-42(44)51(45)53-43(52(46)69-54)16-14-41(29-62)68-53/h11-13,15,17-21,24-25,33,37-38,40-41,50,54,57-65H,4-5,7-9,14,16,22-23,26-32H2,1-3H3. The number of ether oxygens (including phenoxy) is 4. The third-order valence-electron chi connectivity index (χ3n) is 15.0. The zero-order valence-corrected chi connectivity index (χ0v) is 40.1. The molecule has 366 valence electrons. The number of aromatic hydroxyl groups is 2. The van der Waals surface area contributed by atoms with E-state index < -0.39 is 35.6 Å². The van der Waals surface area contributed by atoms with E-state index in [9.17, 15) is 25.5 Å². The third kappa shape index (κ3) is 9.65. The second-order valence-corrected chi connectivity index (χ2v) is 20.8. The van der Waals surface area contributed by atoms with Crippen molar-refractivity contribution in [1.29, 1.82) is 0 Å². The number of phenols is 2. The molecule has 0 amide bonds. The molecule has 5 aromatic rings. The Kier molecular flexibility index (Phi) is 13.6. The first-order valence-electron chi connectivity index (χ1n) is 25.1. The number of aliphatic hydroxyl groups is 3. The van der Waals surface area contributed by atoms with Crippen molar-refractivity contribution in [2.45, 2.75) is 139 Å². The zero-order valence-electron chi connectivity index (χ0n) is 40.1. The van der Waals surface area contributed by atoms with E-state index in [0.29, 0.717) is 68.3 Å². The van der Waals surface area contributed by atoms with E-state index in [1.807, 2.05) is 31.3 Å². The highest BCUT2D eigenvalue weighted by atomic mass is 16.6. The molecule has 13 heteroatoms. The first-order chi connectivity index (χ1) is 33.4. The first kappa shape index (κ1) is 47.4. The van der Waals surface area contributed by atoms with Crippen LogP contribution in [0.15, 0.2) is 66.9 Å². The van der Waals surface area contributed by atoms with Crippen molar-refractivity contribution >= 4 is 10.9 Å². The molecule has 69 heavy (non-hydrogen) atoms. The molecule has 4 aromatic carbocycles. The predicted octanol–water partition coefficient (Wildman–Crippen LogP) is 7.18. The lowest BCUT2D eigenvalue weighted by Gasteiger charge is -2.49. The summed E-state index contributed by atoms with van der Waals surface area (Å²) in [7, 11) is 0. The number of phenolic OH excluding ortho intramolecular Hbond substituents is 2. The Morgan fingerprint density at radius 3 is 2.55 bits per heavy atom. The number of H-pyrrole nitrogens is 1.